The van der Waals surface area contributed by atoms with E-state index in [2.05, 4.69) is 15.3 Å². The predicted molar refractivity (Wildman–Crippen MR) is 78.5 cm³/mol. The first kappa shape index (κ1) is 16.8. The van der Waals surface area contributed by atoms with E-state index in [1.165, 1.54) is 11.8 Å². The maximum atomic E-state index is 12.4. The number of rotatable bonds is 5. The molecule has 0 fully saturated rings. The molecule has 0 aromatic carbocycles. The van der Waals surface area contributed by atoms with Crippen LogP contribution in [0.15, 0.2) is 34.8 Å². The number of aromatic nitrogens is 2. The molecular weight excluding hydrogens is 335 g/mol. The molecule has 0 aliphatic heterocycles. The zero-order valence-electron chi connectivity index (χ0n) is 11.4. The van der Waals surface area contributed by atoms with Crippen molar-refractivity contribution < 1.29 is 18.0 Å². The Balaban J connectivity index is 1.86. The largest absolute Gasteiger partial charge is 0.434 e. The fraction of sp³-hybridized carbons (Fsp3) is 0.308. The fourth-order valence-electron chi connectivity index (χ4n) is 1.48. The van der Waals surface area contributed by atoms with Gasteiger partial charge in [0.15, 0.2) is 5.69 Å². The molecule has 1 atom stereocenters. The molecule has 0 unspecified atom stereocenters. The van der Waals surface area contributed by atoms with Gasteiger partial charge >= 0.3 is 6.18 Å². The van der Waals surface area contributed by atoms with Crippen LogP contribution in [0.5, 0.6) is 0 Å². The van der Waals surface area contributed by atoms with Gasteiger partial charge in [0.25, 0.3) is 0 Å². The van der Waals surface area contributed by atoms with E-state index in [0.717, 1.165) is 16.7 Å². The molecule has 0 aliphatic carbocycles. The monoisotopic (exact) mass is 347 g/mol. The Morgan fingerprint density at radius 1 is 1.45 bits per heavy atom. The topological polar surface area (TPSA) is 54.9 Å². The molecule has 4 nitrogen and oxygen atoms in total. The van der Waals surface area contributed by atoms with Crippen molar-refractivity contribution >= 4 is 29.0 Å². The molecule has 2 rings (SSSR count). The summed E-state index contributed by atoms with van der Waals surface area (Å²) in [4.78, 5) is 19.5. The highest BCUT2D eigenvalue weighted by Crippen LogP contribution is 2.30. The maximum absolute atomic E-state index is 12.4. The van der Waals surface area contributed by atoms with Gasteiger partial charge in [0, 0.05) is 11.6 Å². The third-order valence-electron chi connectivity index (χ3n) is 2.56. The number of carbonyl (C=O) groups excluding carboxylic acids is 1. The second-order valence-corrected chi connectivity index (χ2v) is 6.57. The van der Waals surface area contributed by atoms with E-state index in [9.17, 15) is 18.0 Å². The molecule has 118 valence electrons. The average molecular weight is 347 g/mol. The average Bonchev–Trinajstić information content (AvgIpc) is 2.94. The van der Waals surface area contributed by atoms with Crippen LogP contribution in [0.1, 0.15) is 17.6 Å². The van der Waals surface area contributed by atoms with Crippen LogP contribution in [0.4, 0.5) is 13.2 Å². The van der Waals surface area contributed by atoms with Crippen LogP contribution in [0, 0.1) is 0 Å². The zero-order valence-corrected chi connectivity index (χ0v) is 13.1. The second kappa shape index (κ2) is 7.10. The molecule has 1 N–H and O–H groups in total. The van der Waals surface area contributed by atoms with E-state index in [0.29, 0.717) is 5.03 Å². The smallest absolute Gasteiger partial charge is 0.349 e. The molecule has 2 aromatic rings. The Kier molecular flexibility index (Phi) is 5.41. The second-order valence-electron chi connectivity index (χ2n) is 4.27. The van der Waals surface area contributed by atoms with Crippen molar-refractivity contribution in [3.8, 4) is 0 Å². The first-order valence-electron chi connectivity index (χ1n) is 6.23. The first-order valence-corrected chi connectivity index (χ1v) is 7.99. The number of halogens is 3. The molecule has 22 heavy (non-hydrogen) atoms. The molecule has 9 heteroatoms. The van der Waals surface area contributed by atoms with Crippen LogP contribution in [0.25, 0.3) is 0 Å². The van der Waals surface area contributed by atoms with Crippen LogP contribution >= 0.6 is 23.1 Å². The van der Waals surface area contributed by atoms with Gasteiger partial charge in [-0.2, -0.15) is 13.2 Å². The molecule has 0 saturated carbocycles. The standard InChI is InChI=1S/C13H12F3N3OS2/c1-8(22-10-4-2-3-5-17-10)12(20)18-6-11-19-9(7-21-11)13(14,15)16/h2-5,7-8H,6H2,1H3,(H,18,20)/t8-/m1/s1. The van der Waals surface area contributed by atoms with E-state index in [4.69, 9.17) is 0 Å². The van der Waals surface area contributed by atoms with E-state index >= 15 is 0 Å². The molecule has 2 heterocycles. The van der Waals surface area contributed by atoms with Gasteiger partial charge in [0.05, 0.1) is 16.8 Å². The molecule has 0 radical (unpaired) electrons. The van der Waals surface area contributed by atoms with Crippen molar-refractivity contribution in [3.05, 3.63) is 40.5 Å². The fourth-order valence-corrected chi connectivity index (χ4v) is 3.05. The summed E-state index contributed by atoms with van der Waals surface area (Å²) in [6, 6.07) is 5.37. The Bertz CT molecular complexity index is 631. The number of hydrogen-bond donors (Lipinski definition) is 1. The number of carbonyl (C=O) groups is 1. The lowest BCUT2D eigenvalue weighted by atomic mass is 10.4. The number of alkyl halides is 3. The van der Waals surface area contributed by atoms with E-state index in [1.54, 1.807) is 25.3 Å². The van der Waals surface area contributed by atoms with E-state index in [-0.39, 0.29) is 17.5 Å². The van der Waals surface area contributed by atoms with Crippen molar-refractivity contribution in [2.75, 3.05) is 0 Å². The van der Waals surface area contributed by atoms with Gasteiger partial charge in [-0.15, -0.1) is 11.3 Å². The highest BCUT2D eigenvalue weighted by molar-refractivity contribution is 8.00. The minimum Gasteiger partial charge on any atom is -0.349 e. The summed E-state index contributed by atoms with van der Waals surface area (Å²) in [5.41, 5.74) is -0.933. The third-order valence-corrected chi connectivity index (χ3v) is 4.46. The lowest BCUT2D eigenvalue weighted by Crippen LogP contribution is -2.30. The summed E-state index contributed by atoms with van der Waals surface area (Å²) >= 11 is 2.15. The summed E-state index contributed by atoms with van der Waals surface area (Å²) in [5.74, 6) is -0.278. The van der Waals surface area contributed by atoms with Gasteiger partial charge < -0.3 is 5.32 Å². The zero-order chi connectivity index (χ0) is 16.2. The summed E-state index contributed by atoms with van der Waals surface area (Å²) in [7, 11) is 0. The number of amides is 1. The van der Waals surface area contributed by atoms with Gasteiger partial charge in [0.1, 0.15) is 5.01 Å². The molecule has 0 spiro atoms. The Morgan fingerprint density at radius 3 is 2.82 bits per heavy atom. The number of pyridine rings is 1. The molecule has 1 amide bonds. The molecule has 0 aliphatic rings. The summed E-state index contributed by atoms with van der Waals surface area (Å²) in [5, 5.41) is 4.03. The van der Waals surface area contributed by atoms with Crippen molar-refractivity contribution in [3.63, 3.8) is 0 Å². The highest BCUT2D eigenvalue weighted by Gasteiger charge is 2.33. The van der Waals surface area contributed by atoms with Crippen LogP contribution in [0.2, 0.25) is 0 Å². The van der Waals surface area contributed by atoms with Crippen LogP contribution in [-0.4, -0.2) is 21.1 Å². The lowest BCUT2D eigenvalue weighted by Gasteiger charge is -2.10. The minimum atomic E-state index is -4.46. The lowest BCUT2D eigenvalue weighted by molar-refractivity contribution is -0.140. The summed E-state index contributed by atoms with van der Waals surface area (Å²) in [6.45, 7) is 1.68. The Morgan fingerprint density at radius 2 is 2.23 bits per heavy atom. The highest BCUT2D eigenvalue weighted by atomic mass is 32.2. The number of thioether (sulfide) groups is 1. The van der Waals surface area contributed by atoms with Crippen molar-refractivity contribution in [2.45, 2.75) is 29.9 Å². The van der Waals surface area contributed by atoms with Gasteiger partial charge in [-0.1, -0.05) is 17.8 Å². The normalized spacial score (nSPS) is 12.9. The molecular formula is C13H12F3N3OS2. The number of hydrogen-bond acceptors (Lipinski definition) is 5. The van der Waals surface area contributed by atoms with Gasteiger partial charge in [-0.05, 0) is 19.1 Å². The Labute approximate surface area is 133 Å². The maximum Gasteiger partial charge on any atom is 0.434 e. The number of nitrogens with one attached hydrogen (secondary N) is 1. The van der Waals surface area contributed by atoms with E-state index < -0.39 is 17.1 Å². The van der Waals surface area contributed by atoms with Crippen LogP contribution in [-0.2, 0) is 17.5 Å². The summed E-state index contributed by atoms with van der Waals surface area (Å²) < 4.78 is 37.3. The first-order chi connectivity index (χ1) is 10.4. The minimum absolute atomic E-state index is 0.0211. The van der Waals surface area contributed by atoms with Gasteiger partial charge in [-0.3, -0.25) is 4.79 Å². The summed E-state index contributed by atoms with van der Waals surface area (Å²) in [6.07, 6.45) is -2.83. The van der Waals surface area contributed by atoms with E-state index in [1.807, 2.05) is 6.07 Å². The quantitative estimate of drug-likeness (QED) is 0.843. The van der Waals surface area contributed by atoms with Crippen molar-refractivity contribution in [1.29, 1.82) is 0 Å². The van der Waals surface area contributed by atoms with Crippen molar-refractivity contribution in [2.24, 2.45) is 0 Å². The third kappa shape index (κ3) is 4.70. The van der Waals surface area contributed by atoms with Gasteiger partial charge in [0.2, 0.25) is 5.91 Å². The predicted octanol–water partition coefficient (Wildman–Crippen LogP) is 3.35. The van der Waals surface area contributed by atoms with Crippen molar-refractivity contribution in [1.82, 2.24) is 15.3 Å². The van der Waals surface area contributed by atoms with Crippen LogP contribution < -0.4 is 5.32 Å². The number of thiazole rings is 1. The molecule has 0 bridgehead atoms. The molecule has 2 aromatic heterocycles. The number of nitrogens with zero attached hydrogens (tertiary/aromatic N) is 2. The SMILES string of the molecule is C[C@@H](Sc1ccccn1)C(=O)NCc1nc(C(F)(F)F)cs1. The molecule has 0 saturated heterocycles. The van der Waals surface area contributed by atoms with Gasteiger partial charge in [-0.25, -0.2) is 9.97 Å². The Hall–Kier alpha value is -1.61. The van der Waals surface area contributed by atoms with Crippen LogP contribution in [0.3, 0.4) is 0 Å².